The molecule has 1 aliphatic heterocycles. The fourth-order valence-electron chi connectivity index (χ4n) is 5.66. The Kier molecular flexibility index (Phi) is 3.09. The summed E-state index contributed by atoms with van der Waals surface area (Å²) in [6.07, 6.45) is -1.50. The molecule has 6 atom stereocenters. The summed E-state index contributed by atoms with van der Waals surface area (Å²) in [4.78, 5) is 26.9. The summed E-state index contributed by atoms with van der Waals surface area (Å²) >= 11 is 2.90. The lowest BCUT2D eigenvalue weighted by Gasteiger charge is -2.42. The first-order valence-corrected chi connectivity index (χ1v) is 9.33. The molecule has 2 amide bonds. The second kappa shape index (κ2) is 4.87. The van der Waals surface area contributed by atoms with Crippen LogP contribution in [0.25, 0.3) is 0 Å². The van der Waals surface area contributed by atoms with Crippen LogP contribution >= 0.6 is 15.9 Å². The summed E-state index contributed by atoms with van der Waals surface area (Å²) in [5.74, 6) is 0.314. The zero-order chi connectivity index (χ0) is 17.7. The van der Waals surface area contributed by atoms with E-state index in [1.54, 1.807) is 0 Å². The monoisotopic (exact) mass is 413 g/mol. The number of imide groups is 1. The van der Waals surface area contributed by atoms with Gasteiger partial charge in [-0.25, -0.2) is 0 Å². The van der Waals surface area contributed by atoms with Crippen LogP contribution in [0.3, 0.4) is 0 Å². The number of alkyl halides is 3. The van der Waals surface area contributed by atoms with Crippen LogP contribution in [0.5, 0.6) is 0 Å². The standard InChI is InChI=1S/C18H15BrF3NO2/c19-13-4-1-7(5-12(13)18(20,21)22)23-16(24)14-8-2-3-9(11-6-10(8)11)15(14)17(23)25/h1,4-5,8-11,14-15H,2-3,6H2. The normalized spacial score (nSPS) is 38.8. The fraction of sp³-hybridized carbons (Fsp3) is 0.556. The minimum atomic E-state index is -4.55. The molecule has 6 rings (SSSR count). The molecule has 25 heavy (non-hydrogen) atoms. The van der Waals surface area contributed by atoms with E-state index in [0.717, 1.165) is 30.2 Å². The molecule has 4 aliphatic carbocycles. The topological polar surface area (TPSA) is 37.4 Å². The number of hydrogen-bond acceptors (Lipinski definition) is 2. The highest BCUT2D eigenvalue weighted by Crippen LogP contribution is 2.68. The zero-order valence-corrected chi connectivity index (χ0v) is 14.7. The van der Waals surface area contributed by atoms with Crippen LogP contribution < -0.4 is 4.90 Å². The van der Waals surface area contributed by atoms with E-state index in [0.29, 0.717) is 11.8 Å². The number of carbonyl (C=O) groups excluding carboxylic acids is 2. The first-order valence-electron chi connectivity index (χ1n) is 8.53. The third-order valence-electron chi connectivity index (χ3n) is 6.66. The van der Waals surface area contributed by atoms with Crippen LogP contribution in [-0.2, 0) is 15.8 Å². The maximum Gasteiger partial charge on any atom is 0.417 e. The first kappa shape index (κ1) is 15.9. The van der Waals surface area contributed by atoms with Gasteiger partial charge in [0.25, 0.3) is 0 Å². The maximum atomic E-state index is 13.2. The zero-order valence-electron chi connectivity index (χ0n) is 13.1. The highest BCUT2D eigenvalue weighted by molar-refractivity contribution is 9.10. The van der Waals surface area contributed by atoms with Crippen molar-refractivity contribution < 1.29 is 22.8 Å². The summed E-state index contributed by atoms with van der Waals surface area (Å²) in [7, 11) is 0. The fourth-order valence-corrected chi connectivity index (χ4v) is 6.13. The van der Waals surface area contributed by atoms with Gasteiger partial charge in [0.15, 0.2) is 0 Å². The molecule has 7 heteroatoms. The summed E-state index contributed by atoms with van der Waals surface area (Å²) in [6.45, 7) is 0. The number of carbonyl (C=O) groups is 2. The summed E-state index contributed by atoms with van der Waals surface area (Å²) in [5, 5.41) is 0. The Bertz CT molecular complexity index is 774. The predicted molar refractivity (Wildman–Crippen MR) is 86.4 cm³/mol. The van der Waals surface area contributed by atoms with Gasteiger partial charge in [-0.2, -0.15) is 13.2 Å². The third-order valence-corrected chi connectivity index (χ3v) is 7.35. The molecular weight excluding hydrogens is 399 g/mol. The number of fused-ring (bicyclic) bond motifs is 1. The highest BCUT2D eigenvalue weighted by Gasteiger charge is 2.68. The Morgan fingerprint density at radius 3 is 2.04 bits per heavy atom. The van der Waals surface area contributed by atoms with Crippen LogP contribution in [0.2, 0.25) is 0 Å². The van der Waals surface area contributed by atoms with E-state index in [1.165, 1.54) is 12.1 Å². The summed E-state index contributed by atoms with van der Waals surface area (Å²) in [5.41, 5.74) is -0.834. The molecule has 2 bridgehead atoms. The van der Waals surface area contributed by atoms with Crippen molar-refractivity contribution in [1.29, 1.82) is 0 Å². The molecule has 4 saturated carbocycles. The second-order valence-corrected chi connectivity index (χ2v) is 8.55. The summed E-state index contributed by atoms with van der Waals surface area (Å²) < 4.78 is 39.4. The van der Waals surface area contributed by atoms with Gasteiger partial charge < -0.3 is 0 Å². The van der Waals surface area contributed by atoms with Crippen molar-refractivity contribution in [2.75, 3.05) is 4.90 Å². The molecule has 1 heterocycles. The first-order chi connectivity index (χ1) is 11.8. The minimum absolute atomic E-state index is 0.0352. The number of hydrogen-bond donors (Lipinski definition) is 0. The molecule has 0 N–H and O–H groups in total. The van der Waals surface area contributed by atoms with Gasteiger partial charge in [-0.05, 0) is 61.1 Å². The number of amides is 2. The van der Waals surface area contributed by atoms with Crippen molar-refractivity contribution in [2.24, 2.45) is 35.5 Å². The van der Waals surface area contributed by atoms with Crippen LogP contribution in [-0.4, -0.2) is 11.8 Å². The van der Waals surface area contributed by atoms with Gasteiger partial charge in [-0.15, -0.1) is 0 Å². The lowest BCUT2D eigenvalue weighted by atomic mass is 9.59. The molecule has 0 spiro atoms. The average Bonchev–Trinajstić information content (AvgIpc) is 3.32. The number of anilines is 1. The molecule has 1 saturated heterocycles. The van der Waals surface area contributed by atoms with Gasteiger partial charge in [-0.3, -0.25) is 14.5 Å². The Hall–Kier alpha value is -1.37. The molecule has 0 radical (unpaired) electrons. The quantitative estimate of drug-likeness (QED) is 0.645. The van der Waals surface area contributed by atoms with Gasteiger partial charge in [-0.1, -0.05) is 15.9 Å². The van der Waals surface area contributed by atoms with Crippen molar-refractivity contribution in [2.45, 2.75) is 25.4 Å². The number of halogens is 4. The number of rotatable bonds is 1. The Balaban J connectivity index is 1.56. The molecular formula is C18H15BrF3NO2. The molecule has 132 valence electrons. The third kappa shape index (κ3) is 2.04. The van der Waals surface area contributed by atoms with Gasteiger partial charge in [0.2, 0.25) is 11.8 Å². The molecule has 5 fully saturated rings. The van der Waals surface area contributed by atoms with Gasteiger partial charge >= 0.3 is 6.18 Å². The van der Waals surface area contributed by atoms with E-state index >= 15 is 0 Å². The van der Waals surface area contributed by atoms with Gasteiger partial charge in [0.05, 0.1) is 23.1 Å². The van der Waals surface area contributed by atoms with Crippen molar-refractivity contribution in [3.05, 3.63) is 28.2 Å². The highest BCUT2D eigenvalue weighted by atomic mass is 79.9. The molecule has 6 unspecified atom stereocenters. The lowest BCUT2D eigenvalue weighted by molar-refractivity contribution is -0.138. The molecule has 0 aromatic heterocycles. The SMILES string of the molecule is O=C1C2C3CCC(C4CC43)C2C(=O)N1c1ccc(Br)c(C(F)(F)F)c1. The average molecular weight is 414 g/mol. The predicted octanol–water partition coefficient (Wildman–Crippen LogP) is 4.25. The van der Waals surface area contributed by atoms with Crippen LogP contribution in [0.4, 0.5) is 18.9 Å². The Morgan fingerprint density at radius 1 is 0.960 bits per heavy atom. The van der Waals surface area contributed by atoms with E-state index in [2.05, 4.69) is 15.9 Å². The Labute approximate surface area is 150 Å². The second-order valence-electron chi connectivity index (χ2n) is 7.69. The van der Waals surface area contributed by atoms with Gasteiger partial charge in [0.1, 0.15) is 0 Å². The van der Waals surface area contributed by atoms with E-state index in [-0.39, 0.29) is 45.6 Å². The number of nitrogens with zero attached hydrogens (tertiary/aromatic N) is 1. The van der Waals surface area contributed by atoms with E-state index < -0.39 is 11.7 Å². The van der Waals surface area contributed by atoms with Crippen LogP contribution in [0.15, 0.2) is 22.7 Å². The Morgan fingerprint density at radius 2 is 1.52 bits per heavy atom. The minimum Gasteiger partial charge on any atom is -0.274 e. The van der Waals surface area contributed by atoms with Crippen molar-refractivity contribution in [1.82, 2.24) is 0 Å². The van der Waals surface area contributed by atoms with Crippen molar-refractivity contribution in [3.63, 3.8) is 0 Å². The van der Waals surface area contributed by atoms with Crippen molar-refractivity contribution >= 4 is 33.4 Å². The van der Waals surface area contributed by atoms with E-state index in [4.69, 9.17) is 0 Å². The smallest absolute Gasteiger partial charge is 0.274 e. The number of benzene rings is 1. The molecule has 3 nitrogen and oxygen atoms in total. The maximum absolute atomic E-state index is 13.2. The van der Waals surface area contributed by atoms with E-state index in [9.17, 15) is 22.8 Å². The summed E-state index contributed by atoms with van der Waals surface area (Å²) in [6, 6.07) is 3.57. The lowest BCUT2D eigenvalue weighted by Crippen LogP contribution is -2.43. The molecule has 1 aromatic carbocycles. The largest absolute Gasteiger partial charge is 0.417 e. The van der Waals surface area contributed by atoms with E-state index in [1.807, 2.05) is 0 Å². The van der Waals surface area contributed by atoms with Gasteiger partial charge in [0, 0.05) is 4.47 Å². The van der Waals surface area contributed by atoms with Crippen LogP contribution in [0.1, 0.15) is 24.8 Å². The molecule has 5 aliphatic rings. The molecule has 1 aromatic rings. The van der Waals surface area contributed by atoms with Crippen LogP contribution in [0, 0.1) is 35.5 Å². The van der Waals surface area contributed by atoms with Crippen molar-refractivity contribution in [3.8, 4) is 0 Å².